The second kappa shape index (κ2) is 8.97. The Balaban J connectivity index is 3.11. The molecule has 3 unspecified atom stereocenters. The first-order valence-corrected chi connectivity index (χ1v) is 7.98. The minimum absolute atomic E-state index is 0.236. The molecular weight excluding hydrogens is 392 g/mol. The van der Waals surface area contributed by atoms with E-state index in [4.69, 9.17) is 23.7 Å². The summed E-state index contributed by atoms with van der Waals surface area (Å²) in [6.45, 7) is 4.47. The van der Waals surface area contributed by atoms with Crippen LogP contribution < -0.4 is 0 Å². The molecule has 1 heterocycles. The summed E-state index contributed by atoms with van der Waals surface area (Å²) in [6.07, 6.45) is -4.22. The highest BCUT2D eigenvalue weighted by Gasteiger charge is 2.51. The maximum Gasteiger partial charge on any atom is 0.303 e. The van der Waals surface area contributed by atoms with Gasteiger partial charge in [0.2, 0.25) is 0 Å². The molecule has 0 radical (unpaired) electrons. The van der Waals surface area contributed by atoms with Crippen LogP contribution in [0.4, 0.5) is 0 Å². The van der Waals surface area contributed by atoms with Gasteiger partial charge in [-0.15, -0.1) is 0 Å². The van der Waals surface area contributed by atoms with Crippen LogP contribution in [0.1, 0.15) is 27.7 Å². The minimum atomic E-state index is -1.13. The van der Waals surface area contributed by atoms with Crippen LogP contribution >= 0.6 is 15.9 Å². The summed E-state index contributed by atoms with van der Waals surface area (Å²) >= 11 is 3.18. The van der Waals surface area contributed by atoms with Gasteiger partial charge in [-0.3, -0.25) is 19.2 Å². The minimum Gasteiger partial charge on any atom is -0.463 e. The number of carbonyl (C=O) groups excluding carboxylic acids is 4. The lowest BCUT2D eigenvalue weighted by Gasteiger charge is -2.42. The van der Waals surface area contributed by atoms with Crippen molar-refractivity contribution >= 4 is 39.8 Å². The monoisotopic (exact) mass is 410 g/mol. The fraction of sp³-hybridized carbons (Fsp3) is 0.714. The van der Waals surface area contributed by atoms with E-state index in [9.17, 15) is 19.2 Å². The van der Waals surface area contributed by atoms with Crippen molar-refractivity contribution in [2.75, 3.05) is 6.61 Å². The lowest BCUT2D eigenvalue weighted by atomic mass is 9.99. The number of halogens is 1. The smallest absolute Gasteiger partial charge is 0.303 e. The van der Waals surface area contributed by atoms with E-state index in [1.54, 1.807) is 0 Å². The van der Waals surface area contributed by atoms with E-state index in [0.29, 0.717) is 0 Å². The van der Waals surface area contributed by atoms with Crippen molar-refractivity contribution in [2.45, 2.75) is 57.1 Å². The zero-order valence-electron chi connectivity index (χ0n) is 13.6. The molecule has 0 aliphatic carbocycles. The van der Waals surface area contributed by atoms with Gasteiger partial charge in [-0.1, -0.05) is 15.9 Å². The summed E-state index contributed by atoms with van der Waals surface area (Å²) < 4.78 is 25.9. The second-order valence-corrected chi connectivity index (χ2v) is 5.95. The summed E-state index contributed by atoms with van der Waals surface area (Å²) in [7, 11) is 0. The van der Waals surface area contributed by atoms with E-state index in [2.05, 4.69) is 15.9 Å². The standard InChI is InChI=1S/C14H19BrO9/c1-6(16)20-5-10-11(21-7(2)17)12(22-8(3)18)13(14(15)24-10)23-9(4)19/h10-14H,5H2,1-4H3/t10?,11-,12-,13?,14?/m1/s1. The number of carbonyl (C=O) groups is 4. The first-order chi connectivity index (χ1) is 11.1. The molecule has 1 aliphatic heterocycles. The Bertz CT molecular complexity index is 506. The average Bonchev–Trinajstić information content (AvgIpc) is 2.42. The molecule has 9 nitrogen and oxygen atoms in total. The summed E-state index contributed by atoms with van der Waals surface area (Å²) in [6, 6.07) is 0. The molecule has 10 heteroatoms. The molecule has 136 valence electrons. The summed E-state index contributed by atoms with van der Waals surface area (Å²) in [5, 5.41) is -0.863. The molecule has 0 bridgehead atoms. The van der Waals surface area contributed by atoms with E-state index < -0.39 is 53.3 Å². The molecule has 1 saturated heterocycles. The predicted molar refractivity (Wildman–Crippen MR) is 80.9 cm³/mol. The van der Waals surface area contributed by atoms with Gasteiger partial charge in [-0.05, 0) is 0 Å². The van der Waals surface area contributed by atoms with Crippen molar-refractivity contribution in [1.82, 2.24) is 0 Å². The molecule has 0 aromatic rings. The number of hydrogen-bond donors (Lipinski definition) is 0. The molecule has 1 aliphatic rings. The first-order valence-electron chi connectivity index (χ1n) is 7.06. The van der Waals surface area contributed by atoms with E-state index in [-0.39, 0.29) is 6.61 Å². The Morgan fingerprint density at radius 1 is 0.792 bits per heavy atom. The largest absolute Gasteiger partial charge is 0.463 e. The lowest BCUT2D eigenvalue weighted by molar-refractivity contribution is -0.236. The van der Waals surface area contributed by atoms with Gasteiger partial charge in [-0.2, -0.15) is 0 Å². The van der Waals surface area contributed by atoms with Gasteiger partial charge in [-0.25, -0.2) is 0 Å². The first kappa shape index (κ1) is 20.4. The molecule has 1 fully saturated rings. The normalized spacial score (nSPS) is 29.3. The van der Waals surface area contributed by atoms with Crippen LogP contribution in [0.15, 0.2) is 0 Å². The van der Waals surface area contributed by atoms with Crippen LogP contribution in [-0.2, 0) is 42.9 Å². The Labute approximate surface area is 147 Å². The van der Waals surface area contributed by atoms with Crippen molar-refractivity contribution in [3.63, 3.8) is 0 Å². The van der Waals surface area contributed by atoms with Crippen molar-refractivity contribution in [2.24, 2.45) is 0 Å². The van der Waals surface area contributed by atoms with Gasteiger partial charge < -0.3 is 23.7 Å². The van der Waals surface area contributed by atoms with Gasteiger partial charge in [0.15, 0.2) is 23.3 Å². The molecule has 5 atom stereocenters. The second-order valence-electron chi connectivity index (χ2n) is 5.05. The highest BCUT2D eigenvalue weighted by molar-refractivity contribution is 9.09. The van der Waals surface area contributed by atoms with Crippen LogP contribution in [0.25, 0.3) is 0 Å². The lowest BCUT2D eigenvalue weighted by Crippen LogP contribution is -2.60. The molecule has 0 aromatic carbocycles. The van der Waals surface area contributed by atoms with Crippen LogP contribution in [-0.4, -0.2) is 59.9 Å². The zero-order chi connectivity index (χ0) is 18.4. The van der Waals surface area contributed by atoms with Crippen LogP contribution in [0, 0.1) is 0 Å². The Kier molecular flexibility index (Phi) is 7.61. The quantitative estimate of drug-likeness (QED) is 0.362. The predicted octanol–water partition coefficient (Wildman–Crippen LogP) is 0.464. The Morgan fingerprint density at radius 2 is 1.25 bits per heavy atom. The maximum absolute atomic E-state index is 11.4. The van der Waals surface area contributed by atoms with E-state index >= 15 is 0 Å². The maximum atomic E-state index is 11.4. The SMILES string of the molecule is CC(=O)OCC1OC(Br)C(OC(C)=O)[C@H](OC(C)=O)[C@@H]1OC(C)=O. The average molecular weight is 411 g/mol. The van der Waals surface area contributed by atoms with Crippen LogP contribution in [0.5, 0.6) is 0 Å². The van der Waals surface area contributed by atoms with Crippen molar-refractivity contribution in [1.29, 1.82) is 0 Å². The molecular formula is C14H19BrO9. The zero-order valence-corrected chi connectivity index (χ0v) is 15.2. The Morgan fingerprint density at radius 3 is 1.71 bits per heavy atom. The fourth-order valence-electron chi connectivity index (χ4n) is 2.18. The molecule has 0 aromatic heterocycles. The highest BCUT2D eigenvalue weighted by Crippen LogP contribution is 2.31. The molecule has 0 N–H and O–H groups in total. The topological polar surface area (TPSA) is 114 Å². The number of alkyl halides is 1. The third kappa shape index (κ3) is 6.08. The molecule has 24 heavy (non-hydrogen) atoms. The third-order valence-electron chi connectivity index (χ3n) is 2.93. The summed E-state index contributed by atoms with van der Waals surface area (Å²) in [4.78, 5) is 45.1. The van der Waals surface area contributed by atoms with Gasteiger partial charge >= 0.3 is 23.9 Å². The van der Waals surface area contributed by atoms with E-state index in [0.717, 1.165) is 13.8 Å². The van der Waals surface area contributed by atoms with Crippen molar-refractivity contribution < 1.29 is 42.9 Å². The van der Waals surface area contributed by atoms with Gasteiger partial charge in [0.1, 0.15) is 12.7 Å². The molecule has 0 spiro atoms. The fourth-order valence-corrected chi connectivity index (χ4v) is 2.86. The number of ether oxygens (including phenoxy) is 5. The number of rotatable bonds is 5. The summed E-state index contributed by atoms with van der Waals surface area (Å²) in [5.41, 5.74) is 0. The number of esters is 4. The third-order valence-corrected chi connectivity index (χ3v) is 3.67. The van der Waals surface area contributed by atoms with Crippen molar-refractivity contribution in [3.05, 3.63) is 0 Å². The van der Waals surface area contributed by atoms with Gasteiger partial charge in [0.05, 0.1) is 0 Å². The highest BCUT2D eigenvalue weighted by atomic mass is 79.9. The van der Waals surface area contributed by atoms with Crippen LogP contribution in [0.2, 0.25) is 0 Å². The van der Waals surface area contributed by atoms with E-state index in [1.165, 1.54) is 13.8 Å². The molecule has 0 amide bonds. The van der Waals surface area contributed by atoms with Crippen LogP contribution in [0.3, 0.4) is 0 Å². The van der Waals surface area contributed by atoms with Gasteiger partial charge in [0.25, 0.3) is 0 Å². The number of hydrogen-bond acceptors (Lipinski definition) is 9. The van der Waals surface area contributed by atoms with Gasteiger partial charge in [0, 0.05) is 27.7 Å². The van der Waals surface area contributed by atoms with Crippen molar-refractivity contribution in [3.8, 4) is 0 Å². The molecule has 1 rings (SSSR count). The van der Waals surface area contributed by atoms with E-state index in [1.807, 2.05) is 0 Å². The Hall–Kier alpha value is -1.68. The summed E-state index contributed by atoms with van der Waals surface area (Å²) in [5.74, 6) is -2.52. The molecule has 0 saturated carbocycles.